The highest BCUT2D eigenvalue weighted by Crippen LogP contribution is 2.27. The Morgan fingerprint density at radius 3 is 2.58 bits per heavy atom. The highest BCUT2D eigenvalue weighted by Gasteiger charge is 2.20. The Balaban J connectivity index is 3.14. The first kappa shape index (κ1) is 15.9. The summed E-state index contributed by atoms with van der Waals surface area (Å²) in [5.41, 5.74) is 0.203. The zero-order valence-electron chi connectivity index (χ0n) is 10.6. The lowest BCUT2D eigenvalue weighted by Crippen LogP contribution is -2.15. The van der Waals surface area contributed by atoms with E-state index >= 15 is 0 Å². The van der Waals surface area contributed by atoms with E-state index in [9.17, 15) is 17.6 Å². The van der Waals surface area contributed by atoms with Crippen LogP contribution < -0.4 is 5.32 Å². The number of hydrogen-bond acceptors (Lipinski definition) is 3. The number of nitrogens with one attached hydrogen (secondary N) is 1. The van der Waals surface area contributed by atoms with Crippen LogP contribution in [0.25, 0.3) is 0 Å². The van der Waals surface area contributed by atoms with Crippen molar-refractivity contribution in [3.05, 3.63) is 23.2 Å². The number of sulfone groups is 1. The van der Waals surface area contributed by atoms with Crippen molar-refractivity contribution in [3.8, 4) is 0 Å². The molecule has 1 rings (SSSR count). The van der Waals surface area contributed by atoms with Gasteiger partial charge in [-0.15, -0.1) is 0 Å². The molecule has 0 saturated heterocycles. The molecule has 0 aliphatic rings. The van der Waals surface area contributed by atoms with Gasteiger partial charge in [0.2, 0.25) is 0 Å². The Morgan fingerprint density at radius 1 is 1.42 bits per heavy atom. The van der Waals surface area contributed by atoms with Crippen molar-refractivity contribution in [2.45, 2.75) is 18.7 Å². The number of hydrogen-bond donors (Lipinski definition) is 1. The number of carbonyl (C=O) groups is 1. The van der Waals surface area contributed by atoms with Crippen molar-refractivity contribution >= 4 is 33.0 Å². The average molecular weight is 308 g/mol. The van der Waals surface area contributed by atoms with Crippen LogP contribution in [0.4, 0.5) is 10.1 Å². The lowest BCUT2D eigenvalue weighted by molar-refractivity contribution is -0.117. The third-order valence-corrected chi connectivity index (χ3v) is 4.78. The van der Waals surface area contributed by atoms with Gasteiger partial charge in [-0.05, 0) is 24.1 Å². The van der Waals surface area contributed by atoms with Gasteiger partial charge in [0.15, 0.2) is 16.5 Å². The van der Waals surface area contributed by atoms with E-state index in [0.29, 0.717) is 0 Å². The van der Waals surface area contributed by atoms with Gasteiger partial charge in [0.05, 0.1) is 15.7 Å². The van der Waals surface area contributed by atoms with E-state index in [0.717, 1.165) is 0 Å². The monoisotopic (exact) mass is 307 g/mol. The molecule has 1 N–H and O–H groups in total. The fraction of sp³-hybridized carbons (Fsp3) is 0.417. The fourth-order valence-electron chi connectivity index (χ4n) is 1.54. The molecule has 7 heteroatoms. The van der Waals surface area contributed by atoms with Gasteiger partial charge in [-0.2, -0.15) is 0 Å². The van der Waals surface area contributed by atoms with Crippen LogP contribution in [0.1, 0.15) is 13.8 Å². The van der Waals surface area contributed by atoms with E-state index in [4.69, 9.17) is 11.6 Å². The summed E-state index contributed by atoms with van der Waals surface area (Å²) in [6.45, 7) is 2.39. The molecule has 106 valence electrons. The standard InChI is InChI=1S/C12H15ClFNO3S/c1-8(2)7-19(17,18)11-5-9(3-4-10(11)13)15-12(16)6-14/h3-5,8H,6-7H2,1-2H3,(H,15,16). The Morgan fingerprint density at radius 2 is 2.05 bits per heavy atom. The second kappa shape index (κ2) is 6.34. The SMILES string of the molecule is CC(C)CS(=O)(=O)c1cc(NC(=O)CF)ccc1Cl. The van der Waals surface area contributed by atoms with E-state index in [1.54, 1.807) is 13.8 Å². The lowest BCUT2D eigenvalue weighted by atomic mass is 10.3. The minimum atomic E-state index is -3.53. The Labute approximate surface area is 116 Å². The molecule has 0 atom stereocenters. The number of rotatable bonds is 5. The Kier molecular flexibility index (Phi) is 5.31. The molecule has 19 heavy (non-hydrogen) atoms. The molecule has 1 amide bonds. The topological polar surface area (TPSA) is 63.2 Å². The van der Waals surface area contributed by atoms with E-state index < -0.39 is 22.4 Å². The molecular weight excluding hydrogens is 293 g/mol. The summed E-state index contributed by atoms with van der Waals surface area (Å²) in [6.07, 6.45) is 0. The third-order valence-electron chi connectivity index (χ3n) is 2.22. The number of carbonyl (C=O) groups excluding carboxylic acids is 1. The van der Waals surface area contributed by atoms with Crippen molar-refractivity contribution in [2.24, 2.45) is 5.92 Å². The van der Waals surface area contributed by atoms with Gasteiger partial charge >= 0.3 is 0 Å². The molecule has 1 aromatic carbocycles. The number of halogens is 2. The molecule has 0 aliphatic heterocycles. The second-order valence-corrected chi connectivity index (χ2v) is 6.91. The summed E-state index contributed by atoms with van der Waals surface area (Å²) in [5.74, 6) is -0.938. The lowest BCUT2D eigenvalue weighted by Gasteiger charge is -2.11. The van der Waals surface area contributed by atoms with Gasteiger partial charge in [0, 0.05) is 5.69 Å². The summed E-state index contributed by atoms with van der Waals surface area (Å²) in [4.78, 5) is 10.9. The van der Waals surface area contributed by atoms with E-state index in [2.05, 4.69) is 5.32 Å². The second-order valence-electron chi connectivity index (χ2n) is 4.50. The van der Waals surface area contributed by atoms with Gasteiger partial charge in [-0.25, -0.2) is 12.8 Å². The average Bonchev–Trinajstić information content (AvgIpc) is 2.29. The molecule has 0 bridgehead atoms. The predicted octanol–water partition coefficient (Wildman–Crippen LogP) is 2.68. The molecule has 0 saturated carbocycles. The molecule has 0 aromatic heterocycles. The molecule has 0 spiro atoms. The van der Waals surface area contributed by atoms with Crippen molar-refractivity contribution in [3.63, 3.8) is 0 Å². The van der Waals surface area contributed by atoms with Crippen LogP contribution >= 0.6 is 11.6 Å². The maximum Gasteiger partial charge on any atom is 0.255 e. The van der Waals surface area contributed by atoms with Crippen LogP contribution in [0.2, 0.25) is 5.02 Å². The minimum absolute atomic E-state index is 0.0484. The van der Waals surface area contributed by atoms with Crippen LogP contribution in [-0.2, 0) is 14.6 Å². The summed E-state index contributed by atoms with van der Waals surface area (Å²) < 4.78 is 36.3. The highest BCUT2D eigenvalue weighted by molar-refractivity contribution is 7.91. The van der Waals surface area contributed by atoms with Crippen molar-refractivity contribution in [2.75, 3.05) is 17.7 Å². The first-order chi connectivity index (χ1) is 8.76. The Hall–Kier alpha value is -1.14. The van der Waals surface area contributed by atoms with Gasteiger partial charge in [0.1, 0.15) is 0 Å². The van der Waals surface area contributed by atoms with E-state index in [-0.39, 0.29) is 27.3 Å². The van der Waals surface area contributed by atoms with E-state index in [1.807, 2.05) is 0 Å². The largest absolute Gasteiger partial charge is 0.324 e. The first-order valence-corrected chi connectivity index (χ1v) is 7.67. The molecule has 0 aliphatic carbocycles. The van der Waals surface area contributed by atoms with E-state index in [1.165, 1.54) is 18.2 Å². The zero-order chi connectivity index (χ0) is 14.6. The molecule has 0 radical (unpaired) electrons. The first-order valence-electron chi connectivity index (χ1n) is 5.64. The van der Waals surface area contributed by atoms with Crippen LogP contribution in [0.3, 0.4) is 0 Å². The predicted molar refractivity (Wildman–Crippen MR) is 72.9 cm³/mol. The van der Waals surface area contributed by atoms with Gasteiger partial charge < -0.3 is 5.32 Å². The zero-order valence-corrected chi connectivity index (χ0v) is 12.2. The maximum absolute atomic E-state index is 12.1. The van der Waals surface area contributed by atoms with Gasteiger partial charge in [0.25, 0.3) is 5.91 Å². The molecule has 1 aromatic rings. The van der Waals surface area contributed by atoms with Crippen molar-refractivity contribution in [1.82, 2.24) is 0 Å². The van der Waals surface area contributed by atoms with Gasteiger partial charge in [-0.1, -0.05) is 25.4 Å². The van der Waals surface area contributed by atoms with Crippen LogP contribution in [-0.4, -0.2) is 26.8 Å². The molecule has 4 nitrogen and oxygen atoms in total. The quantitative estimate of drug-likeness (QED) is 0.909. The molecule has 0 heterocycles. The summed E-state index contributed by atoms with van der Waals surface area (Å²) in [5, 5.41) is 2.33. The highest BCUT2D eigenvalue weighted by atomic mass is 35.5. The van der Waals surface area contributed by atoms with Crippen LogP contribution in [0.5, 0.6) is 0 Å². The molecular formula is C12H15ClFNO3S. The third kappa shape index (κ3) is 4.47. The summed E-state index contributed by atoms with van der Waals surface area (Å²) in [7, 11) is -3.53. The smallest absolute Gasteiger partial charge is 0.255 e. The number of benzene rings is 1. The van der Waals surface area contributed by atoms with Crippen LogP contribution in [0.15, 0.2) is 23.1 Å². The van der Waals surface area contributed by atoms with Gasteiger partial charge in [-0.3, -0.25) is 4.79 Å². The molecule has 0 fully saturated rings. The summed E-state index contributed by atoms with van der Waals surface area (Å²) in [6, 6.07) is 4.03. The number of alkyl halides is 1. The van der Waals surface area contributed by atoms with Crippen LogP contribution in [0, 0.1) is 5.92 Å². The normalized spacial score (nSPS) is 11.6. The van der Waals surface area contributed by atoms with Crippen molar-refractivity contribution in [1.29, 1.82) is 0 Å². The fourth-order valence-corrected chi connectivity index (χ4v) is 3.74. The number of anilines is 1. The summed E-state index contributed by atoms with van der Waals surface area (Å²) >= 11 is 5.87. The maximum atomic E-state index is 12.1. The number of amides is 1. The van der Waals surface area contributed by atoms with Crippen molar-refractivity contribution < 1.29 is 17.6 Å². The Bertz CT molecular complexity index is 572. The minimum Gasteiger partial charge on any atom is -0.324 e. The molecule has 0 unspecified atom stereocenters.